The van der Waals surface area contributed by atoms with Crippen molar-refractivity contribution < 1.29 is 14.3 Å². The van der Waals surface area contributed by atoms with Crippen LogP contribution < -0.4 is 10.6 Å². The molecule has 5 heteroatoms. The van der Waals surface area contributed by atoms with Gasteiger partial charge in [0.05, 0.1) is 13.2 Å². The zero-order valence-corrected chi connectivity index (χ0v) is 9.86. The van der Waals surface area contributed by atoms with Crippen molar-refractivity contribution in [3.63, 3.8) is 0 Å². The second-order valence-electron chi connectivity index (χ2n) is 4.37. The van der Waals surface area contributed by atoms with E-state index in [0.717, 1.165) is 12.8 Å². The first kappa shape index (κ1) is 12.0. The third-order valence-corrected chi connectivity index (χ3v) is 3.20. The summed E-state index contributed by atoms with van der Waals surface area (Å²) in [5, 5.41) is 6.32. The number of Topliss-reactive ketones (excluding diaryl/α,β-unsaturated/α-hetero) is 1. The van der Waals surface area contributed by atoms with Crippen molar-refractivity contribution >= 4 is 5.78 Å². The molecule has 0 bridgehead atoms. The average molecular weight is 228 g/mol. The first-order valence-electron chi connectivity index (χ1n) is 6.03. The van der Waals surface area contributed by atoms with E-state index in [1.165, 1.54) is 0 Å². The van der Waals surface area contributed by atoms with Crippen LogP contribution in [0.5, 0.6) is 0 Å². The Kier molecular flexibility index (Phi) is 3.91. The number of hydrogen-bond donors (Lipinski definition) is 2. The SMILES string of the molecule is CCC1COC(C(=O)C2NC(CC)CO2)N1. The maximum atomic E-state index is 12.0. The van der Waals surface area contributed by atoms with Crippen LogP contribution in [0, 0.1) is 0 Å². The fourth-order valence-electron chi connectivity index (χ4n) is 1.98. The predicted molar refractivity (Wildman–Crippen MR) is 58.9 cm³/mol. The Balaban J connectivity index is 1.84. The second kappa shape index (κ2) is 5.23. The first-order chi connectivity index (χ1) is 7.74. The molecule has 2 heterocycles. The summed E-state index contributed by atoms with van der Waals surface area (Å²) in [4.78, 5) is 12.0. The van der Waals surface area contributed by atoms with Crippen molar-refractivity contribution in [2.45, 2.75) is 51.2 Å². The molecule has 0 aromatic carbocycles. The summed E-state index contributed by atoms with van der Waals surface area (Å²) < 4.78 is 10.8. The van der Waals surface area contributed by atoms with E-state index in [1.807, 2.05) is 0 Å². The van der Waals surface area contributed by atoms with E-state index in [2.05, 4.69) is 24.5 Å². The maximum absolute atomic E-state index is 12.0. The van der Waals surface area contributed by atoms with Crippen LogP contribution in [-0.2, 0) is 14.3 Å². The summed E-state index contributed by atoms with van der Waals surface area (Å²) in [6.07, 6.45) is 0.941. The van der Waals surface area contributed by atoms with Crippen molar-refractivity contribution in [3.8, 4) is 0 Å². The molecule has 16 heavy (non-hydrogen) atoms. The standard InChI is InChI=1S/C11H20N2O3/c1-3-7-5-15-10(12-7)9(14)11-13-8(4-2)6-16-11/h7-8,10-13H,3-6H2,1-2H3. The Morgan fingerprint density at radius 2 is 1.50 bits per heavy atom. The van der Waals surface area contributed by atoms with Crippen molar-refractivity contribution in [1.29, 1.82) is 0 Å². The number of ether oxygens (including phenoxy) is 2. The molecule has 0 amide bonds. The molecule has 2 rings (SSSR count). The minimum Gasteiger partial charge on any atom is -0.354 e. The highest BCUT2D eigenvalue weighted by Crippen LogP contribution is 2.13. The molecule has 0 aliphatic carbocycles. The molecule has 0 spiro atoms. The molecular formula is C11H20N2O3. The molecule has 2 fully saturated rings. The highest BCUT2D eigenvalue weighted by molar-refractivity contribution is 5.87. The zero-order valence-electron chi connectivity index (χ0n) is 9.86. The van der Waals surface area contributed by atoms with Crippen LogP contribution in [0.25, 0.3) is 0 Å². The summed E-state index contributed by atoms with van der Waals surface area (Å²) >= 11 is 0. The summed E-state index contributed by atoms with van der Waals surface area (Å²) in [6.45, 7) is 5.37. The predicted octanol–water partition coefficient (Wildman–Crippen LogP) is 0.00450. The number of hydrogen-bond acceptors (Lipinski definition) is 5. The molecule has 2 N–H and O–H groups in total. The van der Waals surface area contributed by atoms with Crippen molar-refractivity contribution in [1.82, 2.24) is 10.6 Å². The lowest BCUT2D eigenvalue weighted by atomic mass is 10.2. The van der Waals surface area contributed by atoms with E-state index in [0.29, 0.717) is 13.2 Å². The fraction of sp³-hybridized carbons (Fsp3) is 0.909. The van der Waals surface area contributed by atoms with Crippen LogP contribution in [0.1, 0.15) is 26.7 Å². The van der Waals surface area contributed by atoms with Gasteiger partial charge < -0.3 is 9.47 Å². The third-order valence-electron chi connectivity index (χ3n) is 3.20. The lowest BCUT2D eigenvalue weighted by Crippen LogP contribution is -2.47. The highest BCUT2D eigenvalue weighted by Gasteiger charge is 2.37. The maximum Gasteiger partial charge on any atom is 0.219 e. The molecule has 2 aliphatic heterocycles. The van der Waals surface area contributed by atoms with E-state index in [-0.39, 0.29) is 17.9 Å². The van der Waals surface area contributed by atoms with Gasteiger partial charge in [-0.3, -0.25) is 15.4 Å². The molecular weight excluding hydrogens is 208 g/mol. The molecule has 0 radical (unpaired) electrons. The molecule has 2 saturated heterocycles. The van der Waals surface area contributed by atoms with E-state index < -0.39 is 12.5 Å². The minimum absolute atomic E-state index is 0.0353. The molecule has 92 valence electrons. The van der Waals surface area contributed by atoms with Crippen LogP contribution in [-0.4, -0.2) is 43.5 Å². The van der Waals surface area contributed by atoms with Crippen LogP contribution in [0.2, 0.25) is 0 Å². The zero-order chi connectivity index (χ0) is 11.5. The lowest BCUT2D eigenvalue weighted by molar-refractivity contribution is -0.139. The number of ketones is 1. The summed E-state index contributed by atoms with van der Waals surface area (Å²) in [5.74, 6) is -0.0353. The Morgan fingerprint density at radius 1 is 1.06 bits per heavy atom. The third kappa shape index (κ3) is 2.43. The molecule has 5 nitrogen and oxygen atoms in total. The van der Waals surface area contributed by atoms with Gasteiger partial charge in [0, 0.05) is 12.1 Å². The van der Waals surface area contributed by atoms with Crippen molar-refractivity contribution in [3.05, 3.63) is 0 Å². The monoisotopic (exact) mass is 228 g/mol. The summed E-state index contributed by atoms with van der Waals surface area (Å²) in [7, 11) is 0. The Morgan fingerprint density at radius 3 is 1.81 bits per heavy atom. The Bertz CT molecular complexity index is 236. The van der Waals surface area contributed by atoms with E-state index in [9.17, 15) is 4.79 Å². The number of carbonyl (C=O) groups is 1. The first-order valence-corrected chi connectivity index (χ1v) is 6.03. The summed E-state index contributed by atoms with van der Waals surface area (Å²) in [6, 6.07) is 0.578. The van der Waals surface area contributed by atoms with Crippen LogP contribution in [0.3, 0.4) is 0 Å². The normalized spacial score (nSPS) is 39.1. The number of nitrogens with one attached hydrogen (secondary N) is 2. The quantitative estimate of drug-likeness (QED) is 0.709. The molecule has 0 aromatic heterocycles. The Hall–Kier alpha value is -0.490. The van der Waals surface area contributed by atoms with Gasteiger partial charge in [-0.25, -0.2) is 0 Å². The van der Waals surface area contributed by atoms with Gasteiger partial charge in [0.25, 0.3) is 0 Å². The van der Waals surface area contributed by atoms with Crippen molar-refractivity contribution in [2.75, 3.05) is 13.2 Å². The van der Waals surface area contributed by atoms with E-state index in [4.69, 9.17) is 9.47 Å². The molecule has 2 aliphatic rings. The van der Waals surface area contributed by atoms with Gasteiger partial charge in [0.15, 0.2) is 12.5 Å². The van der Waals surface area contributed by atoms with Crippen LogP contribution >= 0.6 is 0 Å². The van der Waals surface area contributed by atoms with Gasteiger partial charge >= 0.3 is 0 Å². The van der Waals surface area contributed by atoms with Gasteiger partial charge in [-0.05, 0) is 12.8 Å². The van der Waals surface area contributed by atoms with Gasteiger partial charge in [0.2, 0.25) is 5.78 Å². The average Bonchev–Trinajstić information content (AvgIpc) is 2.97. The van der Waals surface area contributed by atoms with E-state index >= 15 is 0 Å². The Labute approximate surface area is 95.9 Å². The van der Waals surface area contributed by atoms with E-state index in [1.54, 1.807) is 0 Å². The van der Waals surface area contributed by atoms with Crippen LogP contribution in [0.15, 0.2) is 0 Å². The fourth-order valence-corrected chi connectivity index (χ4v) is 1.98. The molecule has 0 aromatic rings. The smallest absolute Gasteiger partial charge is 0.219 e. The largest absolute Gasteiger partial charge is 0.354 e. The van der Waals surface area contributed by atoms with Gasteiger partial charge in [-0.2, -0.15) is 0 Å². The number of rotatable bonds is 4. The van der Waals surface area contributed by atoms with Gasteiger partial charge in [-0.15, -0.1) is 0 Å². The van der Waals surface area contributed by atoms with Crippen molar-refractivity contribution in [2.24, 2.45) is 0 Å². The van der Waals surface area contributed by atoms with Crippen LogP contribution in [0.4, 0.5) is 0 Å². The summed E-state index contributed by atoms with van der Waals surface area (Å²) in [5.41, 5.74) is 0. The lowest BCUT2D eigenvalue weighted by Gasteiger charge is -2.15. The molecule has 4 atom stereocenters. The number of carbonyl (C=O) groups excluding carboxylic acids is 1. The topological polar surface area (TPSA) is 59.6 Å². The van der Waals surface area contributed by atoms with Gasteiger partial charge in [-0.1, -0.05) is 13.8 Å². The van der Waals surface area contributed by atoms with Gasteiger partial charge in [0.1, 0.15) is 0 Å². The molecule has 0 saturated carbocycles. The minimum atomic E-state index is -0.502. The highest BCUT2D eigenvalue weighted by atomic mass is 16.5. The molecule has 4 unspecified atom stereocenters. The second-order valence-corrected chi connectivity index (χ2v) is 4.37.